The summed E-state index contributed by atoms with van der Waals surface area (Å²) in [6.45, 7) is 4.05. The molecule has 102 valence electrons. The number of nitrogens with one attached hydrogen (secondary N) is 1. The van der Waals surface area contributed by atoms with Gasteiger partial charge in [0.15, 0.2) is 0 Å². The predicted molar refractivity (Wildman–Crippen MR) is 76.8 cm³/mol. The molecule has 0 radical (unpaired) electrons. The van der Waals surface area contributed by atoms with E-state index in [1.54, 1.807) is 11.3 Å². The molecule has 4 nitrogen and oxygen atoms in total. The zero-order chi connectivity index (χ0) is 13.4. The lowest BCUT2D eigenvalue weighted by molar-refractivity contribution is -0.122. The van der Waals surface area contributed by atoms with E-state index in [1.165, 1.54) is 4.88 Å². The molecular weight excluding hydrogens is 246 g/mol. The summed E-state index contributed by atoms with van der Waals surface area (Å²) in [5.74, 6) is 0.0796. The molecule has 5 heteroatoms. The fourth-order valence-electron chi connectivity index (χ4n) is 1.83. The van der Waals surface area contributed by atoms with Crippen molar-refractivity contribution in [3.63, 3.8) is 0 Å². The van der Waals surface area contributed by atoms with Crippen LogP contribution in [0.2, 0.25) is 0 Å². The van der Waals surface area contributed by atoms with Crippen LogP contribution in [0.3, 0.4) is 0 Å². The first-order valence-electron chi connectivity index (χ1n) is 6.36. The van der Waals surface area contributed by atoms with Crippen molar-refractivity contribution < 1.29 is 4.79 Å². The molecular formula is C13H23N3OS. The Balaban J connectivity index is 2.36. The van der Waals surface area contributed by atoms with Crippen molar-refractivity contribution >= 4 is 17.2 Å². The number of nitrogens with two attached hydrogens (primary N) is 1. The second-order valence-corrected chi connectivity index (χ2v) is 5.39. The van der Waals surface area contributed by atoms with Crippen molar-refractivity contribution in [1.29, 1.82) is 0 Å². The molecule has 1 unspecified atom stereocenters. The molecule has 0 aromatic carbocycles. The smallest absolute Gasteiger partial charge is 0.221 e. The summed E-state index contributed by atoms with van der Waals surface area (Å²) in [4.78, 5) is 15.1. The Morgan fingerprint density at radius 1 is 1.61 bits per heavy atom. The second kappa shape index (κ2) is 8.24. The Labute approximate surface area is 113 Å². The van der Waals surface area contributed by atoms with Crippen molar-refractivity contribution in [2.45, 2.75) is 25.8 Å². The van der Waals surface area contributed by atoms with Gasteiger partial charge in [0.05, 0.1) is 0 Å². The highest BCUT2D eigenvalue weighted by molar-refractivity contribution is 7.09. The van der Waals surface area contributed by atoms with Gasteiger partial charge < -0.3 is 16.0 Å². The minimum absolute atomic E-state index is 0.0796. The summed E-state index contributed by atoms with van der Waals surface area (Å²) in [6, 6.07) is 4.33. The number of rotatable bonds is 8. The lowest BCUT2D eigenvalue weighted by Gasteiger charge is -2.26. The SMILES string of the molecule is CCNC(=O)CC(CN)N(C)CCc1cccs1. The van der Waals surface area contributed by atoms with Crippen LogP contribution in [-0.2, 0) is 11.2 Å². The highest BCUT2D eigenvalue weighted by Crippen LogP contribution is 2.10. The van der Waals surface area contributed by atoms with Crippen LogP contribution in [0.25, 0.3) is 0 Å². The van der Waals surface area contributed by atoms with Crippen molar-refractivity contribution in [3.8, 4) is 0 Å². The first-order valence-corrected chi connectivity index (χ1v) is 7.24. The van der Waals surface area contributed by atoms with Crippen molar-refractivity contribution in [2.24, 2.45) is 5.73 Å². The van der Waals surface area contributed by atoms with Crippen LogP contribution in [0.4, 0.5) is 0 Å². The summed E-state index contributed by atoms with van der Waals surface area (Å²) in [6.07, 6.45) is 1.49. The molecule has 0 aliphatic heterocycles. The summed E-state index contributed by atoms with van der Waals surface area (Å²) >= 11 is 1.77. The van der Waals surface area contributed by atoms with E-state index < -0.39 is 0 Å². The van der Waals surface area contributed by atoms with E-state index in [1.807, 2.05) is 14.0 Å². The normalized spacial score (nSPS) is 12.7. The fourth-order valence-corrected chi connectivity index (χ4v) is 2.52. The van der Waals surface area contributed by atoms with Gasteiger partial charge in [-0.25, -0.2) is 0 Å². The first kappa shape index (κ1) is 15.1. The van der Waals surface area contributed by atoms with E-state index in [9.17, 15) is 4.79 Å². The number of hydrogen-bond donors (Lipinski definition) is 2. The van der Waals surface area contributed by atoms with E-state index in [2.05, 4.69) is 27.7 Å². The van der Waals surface area contributed by atoms with Gasteiger partial charge in [-0.2, -0.15) is 0 Å². The summed E-state index contributed by atoms with van der Waals surface area (Å²) in [5.41, 5.74) is 5.75. The van der Waals surface area contributed by atoms with E-state index >= 15 is 0 Å². The molecule has 0 aliphatic rings. The molecule has 3 N–H and O–H groups in total. The number of carbonyl (C=O) groups excluding carboxylic acids is 1. The minimum Gasteiger partial charge on any atom is -0.356 e. The van der Waals surface area contributed by atoms with Crippen LogP contribution in [0, 0.1) is 0 Å². The van der Waals surface area contributed by atoms with E-state index in [4.69, 9.17) is 5.73 Å². The largest absolute Gasteiger partial charge is 0.356 e. The molecule has 0 bridgehead atoms. The van der Waals surface area contributed by atoms with Crippen LogP contribution >= 0.6 is 11.3 Å². The number of carbonyl (C=O) groups is 1. The molecule has 1 amide bonds. The number of nitrogens with zero attached hydrogens (tertiary/aromatic N) is 1. The second-order valence-electron chi connectivity index (χ2n) is 4.36. The van der Waals surface area contributed by atoms with E-state index in [0.717, 1.165) is 13.0 Å². The molecule has 1 aromatic heterocycles. The van der Waals surface area contributed by atoms with Crippen molar-refractivity contribution in [1.82, 2.24) is 10.2 Å². The third-order valence-corrected chi connectivity index (χ3v) is 3.92. The molecule has 0 aliphatic carbocycles. The summed E-state index contributed by atoms with van der Waals surface area (Å²) in [5, 5.41) is 4.90. The highest BCUT2D eigenvalue weighted by atomic mass is 32.1. The zero-order valence-corrected chi connectivity index (χ0v) is 12.0. The maximum Gasteiger partial charge on any atom is 0.221 e. The maximum absolute atomic E-state index is 11.6. The average molecular weight is 269 g/mol. The average Bonchev–Trinajstić information content (AvgIpc) is 2.86. The van der Waals surface area contributed by atoms with Gasteiger partial charge in [0.1, 0.15) is 0 Å². The molecule has 0 spiro atoms. The lowest BCUT2D eigenvalue weighted by atomic mass is 10.1. The Kier molecular flexibility index (Phi) is 6.93. The van der Waals surface area contributed by atoms with Crippen LogP contribution < -0.4 is 11.1 Å². The fraction of sp³-hybridized carbons (Fsp3) is 0.615. The molecule has 0 saturated carbocycles. The first-order chi connectivity index (χ1) is 8.67. The van der Waals surface area contributed by atoms with Gasteiger partial charge in [-0.15, -0.1) is 11.3 Å². The molecule has 1 atom stereocenters. The molecule has 0 fully saturated rings. The number of amides is 1. The number of thiophene rings is 1. The van der Waals surface area contributed by atoms with Gasteiger partial charge in [0.25, 0.3) is 0 Å². The van der Waals surface area contributed by atoms with Gasteiger partial charge in [0.2, 0.25) is 5.91 Å². The van der Waals surface area contributed by atoms with E-state index in [0.29, 0.717) is 19.5 Å². The van der Waals surface area contributed by atoms with Crippen molar-refractivity contribution in [3.05, 3.63) is 22.4 Å². The molecule has 1 aromatic rings. The molecule has 0 saturated heterocycles. The molecule has 1 rings (SSSR count). The molecule has 1 heterocycles. The maximum atomic E-state index is 11.6. The highest BCUT2D eigenvalue weighted by Gasteiger charge is 2.16. The number of likely N-dealkylation sites (N-methyl/N-ethyl adjacent to an activating group) is 1. The van der Waals surface area contributed by atoms with Crippen LogP contribution in [0.15, 0.2) is 17.5 Å². The van der Waals surface area contributed by atoms with Gasteiger partial charge in [-0.1, -0.05) is 6.07 Å². The minimum atomic E-state index is 0.0796. The van der Waals surface area contributed by atoms with Gasteiger partial charge in [0, 0.05) is 37.0 Å². The Hall–Kier alpha value is -0.910. The standard InChI is InChI=1S/C13H23N3OS/c1-3-15-13(17)9-11(10-14)16(2)7-6-12-5-4-8-18-12/h4-5,8,11H,3,6-7,9-10,14H2,1-2H3,(H,15,17). The van der Waals surface area contributed by atoms with Crippen LogP contribution in [-0.4, -0.2) is 43.5 Å². The lowest BCUT2D eigenvalue weighted by Crippen LogP contribution is -2.42. The van der Waals surface area contributed by atoms with Gasteiger partial charge >= 0.3 is 0 Å². The quantitative estimate of drug-likeness (QED) is 0.742. The van der Waals surface area contributed by atoms with Crippen molar-refractivity contribution in [2.75, 3.05) is 26.7 Å². The summed E-state index contributed by atoms with van der Waals surface area (Å²) < 4.78 is 0. The number of hydrogen-bond acceptors (Lipinski definition) is 4. The Bertz CT molecular complexity index is 340. The predicted octanol–water partition coefficient (Wildman–Crippen LogP) is 1.08. The Morgan fingerprint density at radius 2 is 2.39 bits per heavy atom. The third-order valence-electron chi connectivity index (χ3n) is 2.98. The Morgan fingerprint density at radius 3 is 2.94 bits per heavy atom. The van der Waals surface area contributed by atoms with Gasteiger partial charge in [-0.05, 0) is 31.8 Å². The third kappa shape index (κ3) is 5.16. The zero-order valence-electron chi connectivity index (χ0n) is 11.2. The topological polar surface area (TPSA) is 58.4 Å². The summed E-state index contributed by atoms with van der Waals surface area (Å²) in [7, 11) is 2.03. The monoisotopic (exact) mass is 269 g/mol. The molecule has 18 heavy (non-hydrogen) atoms. The van der Waals surface area contributed by atoms with E-state index in [-0.39, 0.29) is 11.9 Å². The van der Waals surface area contributed by atoms with Gasteiger partial charge in [-0.3, -0.25) is 4.79 Å². The van der Waals surface area contributed by atoms with Crippen LogP contribution in [0.1, 0.15) is 18.2 Å². The van der Waals surface area contributed by atoms with Crippen LogP contribution in [0.5, 0.6) is 0 Å².